The van der Waals surface area contributed by atoms with Crippen molar-refractivity contribution in [2.75, 3.05) is 6.54 Å². The van der Waals surface area contributed by atoms with Crippen molar-refractivity contribution in [1.82, 2.24) is 5.32 Å². The molecule has 0 aromatic heterocycles. The van der Waals surface area contributed by atoms with E-state index in [-0.39, 0.29) is 0 Å². The minimum atomic E-state index is -0.763. The van der Waals surface area contributed by atoms with Crippen LogP contribution in [0.4, 0.5) is 0 Å². The molecule has 0 aliphatic carbocycles. The molecular formula is C13H17NO. The molecule has 1 aromatic rings. The van der Waals surface area contributed by atoms with Gasteiger partial charge in [0.1, 0.15) is 0 Å². The van der Waals surface area contributed by atoms with E-state index in [0.29, 0.717) is 0 Å². The summed E-state index contributed by atoms with van der Waals surface area (Å²) in [4.78, 5) is 0. The van der Waals surface area contributed by atoms with Crippen LogP contribution < -0.4 is 5.32 Å². The molecule has 0 saturated carbocycles. The van der Waals surface area contributed by atoms with Crippen LogP contribution >= 0.6 is 0 Å². The van der Waals surface area contributed by atoms with E-state index >= 15 is 0 Å². The summed E-state index contributed by atoms with van der Waals surface area (Å²) in [6, 6.07) is 6.09. The number of fused-ring (bicyclic) bond motifs is 1. The van der Waals surface area contributed by atoms with Gasteiger partial charge in [-0.2, -0.15) is 0 Å². The molecule has 1 heterocycles. The lowest BCUT2D eigenvalue weighted by molar-refractivity contribution is 0.0785. The smallest absolute Gasteiger partial charge is 0.0840 e. The lowest BCUT2D eigenvalue weighted by Gasteiger charge is -2.24. The third-order valence-electron chi connectivity index (χ3n) is 2.87. The molecule has 0 amide bonds. The summed E-state index contributed by atoms with van der Waals surface area (Å²) in [7, 11) is 0. The molecule has 2 nitrogen and oxygen atoms in total. The molecule has 0 saturated heterocycles. The van der Waals surface area contributed by atoms with Crippen LogP contribution in [-0.2, 0) is 12.0 Å². The molecule has 1 aliphatic heterocycles. The normalized spacial score (nSPS) is 15.8. The third-order valence-corrected chi connectivity index (χ3v) is 2.87. The van der Waals surface area contributed by atoms with Gasteiger partial charge in [-0.05, 0) is 31.4 Å². The van der Waals surface area contributed by atoms with Crippen LogP contribution in [0.2, 0.25) is 0 Å². The number of hydrogen-bond donors (Lipinski definition) is 2. The molecular weight excluding hydrogens is 186 g/mol. The minimum Gasteiger partial charge on any atom is -0.386 e. The summed E-state index contributed by atoms with van der Waals surface area (Å²) in [5.74, 6) is 0. The van der Waals surface area contributed by atoms with Crippen molar-refractivity contribution in [2.45, 2.75) is 25.9 Å². The van der Waals surface area contributed by atoms with Crippen molar-refractivity contribution in [1.29, 1.82) is 0 Å². The lowest BCUT2D eigenvalue weighted by Crippen LogP contribution is -2.23. The average Bonchev–Trinajstić information content (AvgIpc) is 2.16. The maximum Gasteiger partial charge on any atom is 0.0840 e. The number of benzene rings is 1. The highest BCUT2D eigenvalue weighted by Crippen LogP contribution is 2.26. The molecule has 0 bridgehead atoms. The molecule has 0 atom stereocenters. The summed E-state index contributed by atoms with van der Waals surface area (Å²) in [5.41, 5.74) is 3.64. The van der Waals surface area contributed by atoms with Crippen molar-refractivity contribution in [3.63, 3.8) is 0 Å². The zero-order valence-corrected chi connectivity index (χ0v) is 9.30. The number of rotatable bonds is 1. The fourth-order valence-corrected chi connectivity index (χ4v) is 1.92. The fourth-order valence-electron chi connectivity index (χ4n) is 1.92. The maximum absolute atomic E-state index is 9.92. The van der Waals surface area contributed by atoms with Gasteiger partial charge in [-0.3, -0.25) is 0 Å². The van der Waals surface area contributed by atoms with E-state index < -0.39 is 5.60 Å². The van der Waals surface area contributed by atoms with Crippen LogP contribution in [0.25, 0.3) is 5.70 Å². The average molecular weight is 203 g/mol. The zero-order valence-electron chi connectivity index (χ0n) is 9.30. The predicted octanol–water partition coefficient (Wildman–Crippen LogP) is 2.03. The number of nitrogens with one attached hydrogen (secondary N) is 1. The Hall–Kier alpha value is -1.28. The highest BCUT2D eigenvalue weighted by molar-refractivity contribution is 5.67. The monoisotopic (exact) mass is 203 g/mol. The highest BCUT2D eigenvalue weighted by atomic mass is 16.3. The Labute approximate surface area is 90.6 Å². The fraction of sp³-hybridized carbons (Fsp3) is 0.385. The summed E-state index contributed by atoms with van der Waals surface area (Å²) in [5, 5.41) is 13.2. The molecule has 80 valence electrons. The van der Waals surface area contributed by atoms with Crippen LogP contribution in [0.1, 0.15) is 30.5 Å². The topological polar surface area (TPSA) is 32.3 Å². The second-order valence-electron chi connectivity index (χ2n) is 4.59. The van der Waals surface area contributed by atoms with Crippen molar-refractivity contribution in [3.8, 4) is 0 Å². The Morgan fingerprint density at radius 2 is 2.13 bits per heavy atom. The van der Waals surface area contributed by atoms with Gasteiger partial charge in [-0.1, -0.05) is 24.8 Å². The summed E-state index contributed by atoms with van der Waals surface area (Å²) in [6.07, 6.45) is 0.998. The van der Waals surface area contributed by atoms with Gasteiger partial charge in [-0.25, -0.2) is 0 Å². The Balaban J connectivity index is 2.46. The third kappa shape index (κ3) is 1.90. The molecule has 0 unspecified atom stereocenters. The molecule has 0 spiro atoms. The molecule has 2 N–H and O–H groups in total. The lowest BCUT2D eigenvalue weighted by atomic mass is 9.90. The Bertz CT molecular complexity index is 401. The second kappa shape index (κ2) is 3.38. The van der Waals surface area contributed by atoms with Gasteiger partial charge >= 0.3 is 0 Å². The van der Waals surface area contributed by atoms with E-state index in [1.807, 2.05) is 26.0 Å². The van der Waals surface area contributed by atoms with Gasteiger partial charge in [-0.15, -0.1) is 0 Å². The summed E-state index contributed by atoms with van der Waals surface area (Å²) < 4.78 is 0. The quantitative estimate of drug-likeness (QED) is 0.732. The summed E-state index contributed by atoms with van der Waals surface area (Å²) >= 11 is 0. The first-order valence-corrected chi connectivity index (χ1v) is 5.27. The van der Waals surface area contributed by atoms with Crippen LogP contribution in [-0.4, -0.2) is 11.7 Å². The zero-order chi connectivity index (χ0) is 11.1. The van der Waals surface area contributed by atoms with Gasteiger partial charge in [0.05, 0.1) is 5.60 Å². The Morgan fingerprint density at radius 1 is 1.40 bits per heavy atom. The first-order valence-electron chi connectivity index (χ1n) is 5.27. The van der Waals surface area contributed by atoms with Crippen LogP contribution in [0.5, 0.6) is 0 Å². The summed E-state index contributed by atoms with van der Waals surface area (Å²) in [6.45, 7) is 8.53. The van der Waals surface area contributed by atoms with Crippen LogP contribution in [0, 0.1) is 0 Å². The van der Waals surface area contributed by atoms with Crippen molar-refractivity contribution in [3.05, 3.63) is 41.5 Å². The van der Waals surface area contributed by atoms with Gasteiger partial charge < -0.3 is 10.4 Å². The van der Waals surface area contributed by atoms with E-state index in [1.165, 1.54) is 11.1 Å². The van der Waals surface area contributed by atoms with E-state index in [4.69, 9.17) is 0 Å². The minimum absolute atomic E-state index is 0.763. The molecule has 15 heavy (non-hydrogen) atoms. The first kappa shape index (κ1) is 10.2. The van der Waals surface area contributed by atoms with Gasteiger partial charge in [0.15, 0.2) is 0 Å². The molecule has 2 heteroatoms. The Kier molecular flexibility index (Phi) is 2.31. The van der Waals surface area contributed by atoms with Gasteiger partial charge in [0.25, 0.3) is 0 Å². The van der Waals surface area contributed by atoms with Crippen LogP contribution in [0.15, 0.2) is 24.8 Å². The highest BCUT2D eigenvalue weighted by Gasteiger charge is 2.19. The standard InChI is InChI=1S/C13H17NO/c1-9-12-5-4-11(13(2,3)15)8-10(12)6-7-14-9/h4-5,8,14-15H,1,6-7H2,2-3H3. The maximum atomic E-state index is 9.92. The van der Waals surface area contributed by atoms with Crippen molar-refractivity contribution >= 4 is 5.70 Å². The second-order valence-corrected chi connectivity index (χ2v) is 4.59. The molecule has 2 rings (SSSR count). The largest absolute Gasteiger partial charge is 0.386 e. The number of hydrogen-bond acceptors (Lipinski definition) is 2. The predicted molar refractivity (Wildman–Crippen MR) is 62.4 cm³/mol. The molecule has 0 fully saturated rings. The van der Waals surface area contributed by atoms with E-state index in [9.17, 15) is 5.11 Å². The van der Waals surface area contributed by atoms with E-state index in [0.717, 1.165) is 24.2 Å². The van der Waals surface area contributed by atoms with Crippen molar-refractivity contribution < 1.29 is 5.11 Å². The number of aliphatic hydroxyl groups is 1. The van der Waals surface area contributed by atoms with Gasteiger partial charge in [0, 0.05) is 17.8 Å². The molecule has 0 radical (unpaired) electrons. The SMILES string of the molecule is C=C1NCCc2cc(C(C)(C)O)ccc21. The molecule has 1 aliphatic rings. The first-order chi connectivity index (χ1) is 6.98. The van der Waals surface area contributed by atoms with E-state index in [1.54, 1.807) is 0 Å². The van der Waals surface area contributed by atoms with Crippen LogP contribution in [0.3, 0.4) is 0 Å². The Morgan fingerprint density at radius 3 is 2.80 bits per heavy atom. The van der Waals surface area contributed by atoms with E-state index in [2.05, 4.69) is 18.0 Å². The van der Waals surface area contributed by atoms with Crippen molar-refractivity contribution in [2.24, 2.45) is 0 Å². The van der Waals surface area contributed by atoms with Gasteiger partial charge in [0.2, 0.25) is 0 Å². The molecule has 1 aromatic carbocycles.